The number of aromatic nitrogens is 2. The molecule has 3 heterocycles. The number of ether oxygens (including phenoxy) is 4. The van der Waals surface area contributed by atoms with Crippen LogP contribution in [0.15, 0.2) is 48.8 Å². The van der Waals surface area contributed by atoms with E-state index in [4.69, 9.17) is 30.5 Å². The first-order valence-corrected chi connectivity index (χ1v) is 15.8. The minimum Gasteiger partial charge on any atom is -0.487 e. The lowest BCUT2D eigenvalue weighted by Gasteiger charge is -2.19. The second-order valence-electron chi connectivity index (χ2n) is 9.93. The fourth-order valence-corrected chi connectivity index (χ4v) is 7.36. The number of carbonyl (C=O) groups excluding carboxylic acids is 1. The van der Waals surface area contributed by atoms with Crippen molar-refractivity contribution in [3.8, 4) is 11.6 Å². The summed E-state index contributed by atoms with van der Waals surface area (Å²) in [6, 6.07) is 11.3. The average Bonchev–Trinajstić information content (AvgIpc) is 3.57. The van der Waals surface area contributed by atoms with Gasteiger partial charge in [0.05, 0.1) is 11.6 Å². The molecule has 0 aliphatic carbocycles. The molecule has 0 saturated carbocycles. The van der Waals surface area contributed by atoms with Crippen molar-refractivity contribution in [3.63, 3.8) is 0 Å². The first kappa shape index (κ1) is 29.7. The van der Waals surface area contributed by atoms with Crippen LogP contribution in [0, 0.1) is 5.82 Å². The number of benzene rings is 2. The van der Waals surface area contributed by atoms with Crippen LogP contribution in [-0.4, -0.2) is 52.0 Å². The molecule has 1 amide bonds. The van der Waals surface area contributed by atoms with Crippen LogP contribution in [0.25, 0.3) is 0 Å². The molecule has 5 rings (SSSR count). The summed E-state index contributed by atoms with van der Waals surface area (Å²) in [6.45, 7) is 4.41. The van der Waals surface area contributed by atoms with Crippen molar-refractivity contribution >= 4 is 56.3 Å². The van der Waals surface area contributed by atoms with Gasteiger partial charge in [0, 0.05) is 23.1 Å². The molecular formula is C28H30ClFN4O5S2. The molecule has 0 bridgehead atoms. The van der Waals surface area contributed by atoms with Gasteiger partial charge in [0.25, 0.3) is 0 Å². The Kier molecular flexibility index (Phi) is 9.76. The van der Waals surface area contributed by atoms with Crippen molar-refractivity contribution in [2.75, 3.05) is 29.6 Å². The van der Waals surface area contributed by atoms with Crippen molar-refractivity contribution in [2.24, 2.45) is 0 Å². The standard InChI is InChI=1S/C28H30ClFN4O5S2/c1-28(2)38-15-20(39-28)14-37-27-25(34-24(35)12-21-8-9-40-41-21)26(31-16-32-27)33-19-6-7-23(22(29)11-19)36-13-17-4-3-5-18(30)10-17/h3-7,10-11,16,20-21H,8-9,12-15H2,1-2H3,(H,34,35)(H,31,32,33)/t20-,21-/m0/s1. The molecule has 3 aromatic rings. The molecule has 1 aromatic heterocycles. The zero-order valence-electron chi connectivity index (χ0n) is 22.5. The van der Waals surface area contributed by atoms with E-state index in [9.17, 15) is 9.18 Å². The fourth-order valence-electron chi connectivity index (χ4n) is 4.23. The highest BCUT2D eigenvalue weighted by atomic mass is 35.5. The first-order chi connectivity index (χ1) is 19.7. The summed E-state index contributed by atoms with van der Waals surface area (Å²) in [5.74, 6) is 0.836. The molecule has 13 heteroatoms. The fraction of sp³-hybridized carbons (Fsp3) is 0.393. The van der Waals surface area contributed by atoms with Gasteiger partial charge in [-0.2, -0.15) is 4.98 Å². The van der Waals surface area contributed by atoms with Crippen molar-refractivity contribution in [1.82, 2.24) is 9.97 Å². The molecule has 2 aromatic carbocycles. The van der Waals surface area contributed by atoms with Gasteiger partial charge in [-0.15, -0.1) is 0 Å². The third-order valence-electron chi connectivity index (χ3n) is 6.17. The molecular weight excluding hydrogens is 591 g/mol. The lowest BCUT2D eigenvalue weighted by molar-refractivity contribution is -0.141. The van der Waals surface area contributed by atoms with Crippen LogP contribution in [0.5, 0.6) is 11.6 Å². The number of halogens is 2. The predicted octanol–water partition coefficient (Wildman–Crippen LogP) is 6.60. The number of amides is 1. The van der Waals surface area contributed by atoms with Crippen LogP contribution in [0.2, 0.25) is 5.02 Å². The second kappa shape index (κ2) is 13.5. The molecule has 2 aliphatic heterocycles. The minimum atomic E-state index is -0.688. The molecule has 2 aliphatic rings. The number of nitrogens with one attached hydrogen (secondary N) is 2. The minimum absolute atomic E-state index is 0.159. The molecule has 2 saturated heterocycles. The summed E-state index contributed by atoms with van der Waals surface area (Å²) < 4.78 is 36.7. The van der Waals surface area contributed by atoms with E-state index < -0.39 is 5.79 Å². The Labute approximate surface area is 250 Å². The van der Waals surface area contributed by atoms with Crippen LogP contribution in [0.4, 0.5) is 21.6 Å². The maximum absolute atomic E-state index is 13.5. The van der Waals surface area contributed by atoms with Crippen LogP contribution >= 0.6 is 33.2 Å². The van der Waals surface area contributed by atoms with Crippen molar-refractivity contribution in [3.05, 3.63) is 65.2 Å². The summed E-state index contributed by atoms with van der Waals surface area (Å²) in [5, 5.41) is 6.75. The summed E-state index contributed by atoms with van der Waals surface area (Å²) in [4.78, 5) is 21.7. The summed E-state index contributed by atoms with van der Waals surface area (Å²) in [7, 11) is 3.50. The van der Waals surface area contributed by atoms with Gasteiger partial charge >= 0.3 is 0 Å². The van der Waals surface area contributed by atoms with Gasteiger partial charge in [0.2, 0.25) is 11.8 Å². The highest BCUT2D eigenvalue weighted by Crippen LogP contribution is 2.40. The van der Waals surface area contributed by atoms with Gasteiger partial charge in [-0.3, -0.25) is 4.79 Å². The summed E-state index contributed by atoms with van der Waals surface area (Å²) in [5.41, 5.74) is 1.60. The number of anilines is 3. The first-order valence-electron chi connectivity index (χ1n) is 13.1. The molecule has 2 N–H and O–H groups in total. The highest BCUT2D eigenvalue weighted by molar-refractivity contribution is 8.77. The van der Waals surface area contributed by atoms with Crippen molar-refractivity contribution in [1.29, 1.82) is 0 Å². The van der Waals surface area contributed by atoms with E-state index in [0.717, 1.165) is 12.2 Å². The zero-order valence-corrected chi connectivity index (χ0v) is 24.9. The molecule has 0 unspecified atom stereocenters. The zero-order chi connectivity index (χ0) is 28.8. The van der Waals surface area contributed by atoms with E-state index in [1.54, 1.807) is 51.9 Å². The number of nitrogens with zero attached hydrogens (tertiary/aromatic N) is 2. The van der Waals surface area contributed by atoms with E-state index in [-0.39, 0.29) is 42.2 Å². The van der Waals surface area contributed by atoms with Crippen LogP contribution in [-0.2, 0) is 20.9 Å². The summed E-state index contributed by atoms with van der Waals surface area (Å²) >= 11 is 6.49. The maximum Gasteiger partial charge on any atom is 0.243 e. The number of rotatable bonds is 11. The van der Waals surface area contributed by atoms with E-state index in [2.05, 4.69) is 20.6 Å². The SMILES string of the molecule is CC1(C)OC[C@H](COc2ncnc(Nc3ccc(OCc4cccc(F)c4)c(Cl)c3)c2NC(=O)C[C@@H]2CCSS2)O1. The van der Waals surface area contributed by atoms with Crippen LogP contribution in [0.3, 0.4) is 0 Å². The van der Waals surface area contributed by atoms with Gasteiger partial charge in [0.1, 0.15) is 42.9 Å². The van der Waals surface area contributed by atoms with Gasteiger partial charge in [-0.05, 0) is 56.2 Å². The predicted molar refractivity (Wildman–Crippen MR) is 160 cm³/mol. The maximum atomic E-state index is 13.5. The third-order valence-corrected chi connectivity index (χ3v) is 9.40. The van der Waals surface area contributed by atoms with Crippen molar-refractivity contribution in [2.45, 2.75) is 50.4 Å². The van der Waals surface area contributed by atoms with E-state index in [1.165, 1.54) is 18.5 Å². The average molecular weight is 621 g/mol. The van der Waals surface area contributed by atoms with Gasteiger partial charge < -0.3 is 29.6 Å². The lowest BCUT2D eigenvalue weighted by Crippen LogP contribution is -2.26. The second-order valence-corrected chi connectivity index (χ2v) is 13.1. The van der Waals surface area contributed by atoms with E-state index in [0.29, 0.717) is 46.6 Å². The Hall–Kier alpha value is -2.77. The number of hydrogen-bond acceptors (Lipinski definition) is 10. The molecule has 41 heavy (non-hydrogen) atoms. The third kappa shape index (κ3) is 8.39. The smallest absolute Gasteiger partial charge is 0.243 e. The van der Waals surface area contributed by atoms with Gasteiger partial charge in [-0.25, -0.2) is 9.37 Å². The quantitative estimate of drug-likeness (QED) is 0.228. The van der Waals surface area contributed by atoms with Gasteiger partial charge in [-0.1, -0.05) is 45.3 Å². The largest absolute Gasteiger partial charge is 0.487 e. The molecule has 9 nitrogen and oxygen atoms in total. The Bertz CT molecular complexity index is 1380. The molecule has 218 valence electrons. The Morgan fingerprint density at radius 2 is 2.10 bits per heavy atom. The van der Waals surface area contributed by atoms with Gasteiger partial charge in [0.15, 0.2) is 11.6 Å². The monoisotopic (exact) mass is 620 g/mol. The normalized spacial score (nSPS) is 19.6. The van der Waals surface area contributed by atoms with Crippen LogP contribution < -0.4 is 20.1 Å². The Morgan fingerprint density at radius 3 is 2.83 bits per heavy atom. The van der Waals surface area contributed by atoms with E-state index >= 15 is 0 Å². The van der Waals surface area contributed by atoms with E-state index in [1.807, 2.05) is 13.8 Å². The molecule has 0 radical (unpaired) electrons. The topological polar surface area (TPSA) is 104 Å². The highest BCUT2D eigenvalue weighted by Gasteiger charge is 2.33. The Balaban J connectivity index is 1.31. The number of hydrogen-bond donors (Lipinski definition) is 2. The molecule has 2 fully saturated rings. The molecule has 2 atom stereocenters. The Morgan fingerprint density at radius 1 is 1.22 bits per heavy atom. The molecule has 0 spiro atoms. The van der Waals surface area contributed by atoms with Crippen LogP contribution in [0.1, 0.15) is 32.3 Å². The lowest BCUT2D eigenvalue weighted by atomic mass is 10.2. The van der Waals surface area contributed by atoms with Crippen molar-refractivity contribution < 1.29 is 28.1 Å². The summed E-state index contributed by atoms with van der Waals surface area (Å²) in [6.07, 6.45) is 2.40. The number of carbonyl (C=O) groups is 1.